The highest BCUT2D eigenvalue weighted by Gasteiger charge is 2.28. The number of anilines is 1. The van der Waals surface area contributed by atoms with Gasteiger partial charge >= 0.3 is 0 Å². The van der Waals surface area contributed by atoms with Crippen molar-refractivity contribution in [2.75, 3.05) is 51.2 Å². The number of aliphatic imine (C=N–C) groups is 1. The number of para-hydroxylation sites is 1. The van der Waals surface area contributed by atoms with Crippen LogP contribution in [-0.4, -0.2) is 63.1 Å². The highest BCUT2D eigenvalue weighted by Crippen LogP contribution is 2.16. The van der Waals surface area contributed by atoms with Gasteiger partial charge in [0.2, 0.25) is 5.91 Å². The lowest BCUT2D eigenvalue weighted by Crippen LogP contribution is -2.54. The maximum atomic E-state index is 12.1. The Morgan fingerprint density at radius 1 is 1.12 bits per heavy atom. The minimum absolute atomic E-state index is 0. The molecule has 1 aromatic carbocycles. The van der Waals surface area contributed by atoms with E-state index in [0.717, 1.165) is 32.1 Å². The fourth-order valence-corrected chi connectivity index (χ4v) is 2.93. The standard InChI is InChI=1S/C19H31N5O.HI/c1-5-21-17(25)19(2,3)15-22-18(20-4)24-13-11-23(12-14-24)16-9-7-6-8-10-16;/h6-10H,5,11-15H2,1-4H3,(H,20,22)(H,21,25);1H. The molecule has 0 atom stereocenters. The first kappa shape index (κ1) is 22.5. The van der Waals surface area contributed by atoms with Crippen LogP contribution < -0.4 is 15.5 Å². The van der Waals surface area contributed by atoms with Gasteiger partial charge in [0.15, 0.2) is 5.96 Å². The first-order valence-electron chi connectivity index (χ1n) is 9.02. The Kier molecular flexibility index (Phi) is 9.18. The highest BCUT2D eigenvalue weighted by molar-refractivity contribution is 14.0. The lowest BCUT2D eigenvalue weighted by atomic mass is 9.92. The molecule has 0 aliphatic carbocycles. The van der Waals surface area contributed by atoms with Gasteiger partial charge in [0.05, 0.1) is 5.41 Å². The number of rotatable bonds is 5. The Hall–Kier alpha value is -1.51. The van der Waals surface area contributed by atoms with E-state index in [1.807, 2.05) is 26.8 Å². The summed E-state index contributed by atoms with van der Waals surface area (Å²) in [6.45, 7) is 10.8. The second-order valence-electron chi connectivity index (χ2n) is 6.95. The number of hydrogen-bond donors (Lipinski definition) is 2. The van der Waals surface area contributed by atoms with Gasteiger partial charge in [0.25, 0.3) is 0 Å². The van der Waals surface area contributed by atoms with Crippen LogP contribution in [0, 0.1) is 5.41 Å². The summed E-state index contributed by atoms with van der Waals surface area (Å²) in [4.78, 5) is 21.2. The van der Waals surface area contributed by atoms with Crippen molar-refractivity contribution >= 4 is 41.5 Å². The molecule has 0 aromatic heterocycles. The van der Waals surface area contributed by atoms with E-state index in [4.69, 9.17) is 0 Å². The third-order valence-electron chi connectivity index (χ3n) is 4.55. The summed E-state index contributed by atoms with van der Waals surface area (Å²) in [5.41, 5.74) is 0.792. The number of guanidine groups is 1. The van der Waals surface area contributed by atoms with Crippen LogP contribution in [0.1, 0.15) is 20.8 Å². The Morgan fingerprint density at radius 2 is 1.73 bits per heavy atom. The van der Waals surface area contributed by atoms with Gasteiger partial charge in [-0.3, -0.25) is 9.79 Å². The predicted molar refractivity (Wildman–Crippen MR) is 119 cm³/mol. The molecule has 2 rings (SSSR count). The largest absolute Gasteiger partial charge is 0.368 e. The van der Waals surface area contributed by atoms with Crippen molar-refractivity contribution in [3.8, 4) is 0 Å². The summed E-state index contributed by atoms with van der Waals surface area (Å²) in [5, 5.41) is 6.26. The topological polar surface area (TPSA) is 60.0 Å². The Morgan fingerprint density at radius 3 is 2.27 bits per heavy atom. The Bertz CT molecular complexity index is 583. The molecular formula is C19H32IN5O. The van der Waals surface area contributed by atoms with Gasteiger partial charge in [-0.1, -0.05) is 18.2 Å². The number of hydrogen-bond acceptors (Lipinski definition) is 3. The van der Waals surface area contributed by atoms with E-state index in [1.54, 1.807) is 7.05 Å². The van der Waals surface area contributed by atoms with Crippen molar-refractivity contribution in [2.24, 2.45) is 10.4 Å². The van der Waals surface area contributed by atoms with Gasteiger partial charge in [-0.15, -0.1) is 24.0 Å². The van der Waals surface area contributed by atoms with Gasteiger partial charge in [0.1, 0.15) is 0 Å². The Balaban J connectivity index is 0.00000338. The highest BCUT2D eigenvalue weighted by atomic mass is 127. The molecule has 0 saturated carbocycles. The predicted octanol–water partition coefficient (Wildman–Crippen LogP) is 2.16. The van der Waals surface area contributed by atoms with Gasteiger partial charge in [-0.25, -0.2) is 0 Å². The molecule has 1 saturated heterocycles. The van der Waals surface area contributed by atoms with Crippen LogP contribution in [0.25, 0.3) is 0 Å². The maximum Gasteiger partial charge on any atom is 0.227 e. The summed E-state index contributed by atoms with van der Waals surface area (Å²) < 4.78 is 0. The van der Waals surface area contributed by atoms with Crippen LogP contribution >= 0.6 is 24.0 Å². The quantitative estimate of drug-likeness (QED) is 0.391. The SMILES string of the molecule is CCNC(=O)C(C)(C)CNC(=NC)N1CCN(c2ccccc2)CC1.I. The lowest BCUT2D eigenvalue weighted by Gasteiger charge is -2.38. The average Bonchev–Trinajstić information content (AvgIpc) is 2.63. The fourth-order valence-electron chi connectivity index (χ4n) is 2.93. The molecule has 146 valence electrons. The number of nitrogens with zero attached hydrogens (tertiary/aromatic N) is 3. The summed E-state index contributed by atoms with van der Waals surface area (Å²) in [5.74, 6) is 0.928. The molecule has 6 nitrogen and oxygen atoms in total. The van der Waals surface area contributed by atoms with Crippen molar-refractivity contribution < 1.29 is 4.79 Å². The molecule has 1 amide bonds. The van der Waals surface area contributed by atoms with E-state index < -0.39 is 5.41 Å². The van der Waals surface area contributed by atoms with Crippen LogP contribution in [0.15, 0.2) is 35.3 Å². The maximum absolute atomic E-state index is 12.1. The number of nitrogens with one attached hydrogen (secondary N) is 2. The van der Waals surface area contributed by atoms with Crippen LogP contribution in [0.4, 0.5) is 5.69 Å². The van der Waals surface area contributed by atoms with Crippen LogP contribution in [0.3, 0.4) is 0 Å². The number of halogens is 1. The Labute approximate surface area is 174 Å². The summed E-state index contributed by atoms with van der Waals surface area (Å²) in [6.07, 6.45) is 0. The number of carbonyl (C=O) groups is 1. The van der Waals surface area contributed by atoms with Crippen molar-refractivity contribution in [1.29, 1.82) is 0 Å². The second kappa shape index (κ2) is 10.6. The molecule has 0 radical (unpaired) electrons. The molecule has 1 aliphatic heterocycles. The molecule has 2 N–H and O–H groups in total. The molecule has 0 unspecified atom stereocenters. The summed E-state index contributed by atoms with van der Waals surface area (Å²) in [6, 6.07) is 10.5. The minimum atomic E-state index is -0.474. The lowest BCUT2D eigenvalue weighted by molar-refractivity contribution is -0.128. The zero-order chi connectivity index (χ0) is 18.3. The first-order chi connectivity index (χ1) is 12.0. The molecule has 0 bridgehead atoms. The average molecular weight is 473 g/mol. The van der Waals surface area contributed by atoms with E-state index in [-0.39, 0.29) is 29.9 Å². The van der Waals surface area contributed by atoms with Gasteiger partial charge in [-0.2, -0.15) is 0 Å². The number of amides is 1. The van der Waals surface area contributed by atoms with Crippen molar-refractivity contribution in [2.45, 2.75) is 20.8 Å². The van der Waals surface area contributed by atoms with E-state index in [0.29, 0.717) is 13.1 Å². The number of carbonyl (C=O) groups excluding carboxylic acids is 1. The van der Waals surface area contributed by atoms with Crippen LogP contribution in [0.2, 0.25) is 0 Å². The van der Waals surface area contributed by atoms with E-state index >= 15 is 0 Å². The van der Waals surface area contributed by atoms with E-state index in [9.17, 15) is 4.79 Å². The monoisotopic (exact) mass is 473 g/mol. The smallest absolute Gasteiger partial charge is 0.227 e. The third kappa shape index (κ3) is 6.03. The van der Waals surface area contributed by atoms with Crippen molar-refractivity contribution in [1.82, 2.24) is 15.5 Å². The number of piperazine rings is 1. The second-order valence-corrected chi connectivity index (χ2v) is 6.95. The van der Waals surface area contributed by atoms with Crippen LogP contribution in [-0.2, 0) is 4.79 Å². The fraction of sp³-hybridized carbons (Fsp3) is 0.579. The number of benzene rings is 1. The minimum Gasteiger partial charge on any atom is -0.368 e. The molecule has 1 heterocycles. The molecule has 1 fully saturated rings. The molecule has 1 aromatic rings. The molecule has 0 spiro atoms. The zero-order valence-corrected chi connectivity index (χ0v) is 18.6. The summed E-state index contributed by atoms with van der Waals surface area (Å²) in [7, 11) is 1.80. The first-order valence-corrected chi connectivity index (χ1v) is 9.02. The normalized spacial score (nSPS) is 15.3. The zero-order valence-electron chi connectivity index (χ0n) is 16.3. The molecule has 26 heavy (non-hydrogen) atoms. The van der Waals surface area contributed by atoms with E-state index in [2.05, 4.69) is 49.7 Å². The summed E-state index contributed by atoms with van der Waals surface area (Å²) >= 11 is 0. The molecule has 1 aliphatic rings. The molecule has 7 heteroatoms. The van der Waals surface area contributed by atoms with Gasteiger partial charge < -0.3 is 20.4 Å². The van der Waals surface area contributed by atoms with Gasteiger partial charge in [-0.05, 0) is 32.9 Å². The van der Waals surface area contributed by atoms with Crippen LogP contribution in [0.5, 0.6) is 0 Å². The third-order valence-corrected chi connectivity index (χ3v) is 4.55. The molecular weight excluding hydrogens is 441 g/mol. The van der Waals surface area contributed by atoms with Crippen molar-refractivity contribution in [3.05, 3.63) is 30.3 Å². The van der Waals surface area contributed by atoms with E-state index in [1.165, 1.54) is 5.69 Å². The van der Waals surface area contributed by atoms with Gasteiger partial charge in [0, 0.05) is 52.0 Å². The van der Waals surface area contributed by atoms with Crippen molar-refractivity contribution in [3.63, 3.8) is 0 Å².